The standard InChI is InChI=1S/C9H12ClNS/c1-8(6-10)12-7-9-4-2-3-5-11-9/h2-5,8H,6-7H2,1H3. The van der Waals surface area contributed by atoms with Gasteiger partial charge in [-0.3, -0.25) is 4.98 Å². The van der Waals surface area contributed by atoms with Crippen LogP contribution in [0.2, 0.25) is 0 Å². The molecule has 1 heterocycles. The zero-order valence-electron chi connectivity index (χ0n) is 7.03. The van der Waals surface area contributed by atoms with E-state index in [9.17, 15) is 0 Å². The molecule has 0 fully saturated rings. The highest BCUT2D eigenvalue weighted by molar-refractivity contribution is 7.99. The highest BCUT2D eigenvalue weighted by Crippen LogP contribution is 2.16. The van der Waals surface area contributed by atoms with Crippen molar-refractivity contribution in [1.29, 1.82) is 0 Å². The Bertz CT molecular complexity index is 215. The summed E-state index contributed by atoms with van der Waals surface area (Å²) in [6, 6.07) is 5.97. The minimum absolute atomic E-state index is 0.508. The first kappa shape index (κ1) is 9.87. The van der Waals surface area contributed by atoms with Crippen LogP contribution in [0.4, 0.5) is 0 Å². The Hall–Kier alpha value is -0.210. The number of hydrogen-bond donors (Lipinski definition) is 0. The van der Waals surface area contributed by atoms with Gasteiger partial charge in [-0.05, 0) is 12.1 Å². The van der Waals surface area contributed by atoms with Gasteiger partial charge in [0.05, 0.1) is 5.69 Å². The van der Waals surface area contributed by atoms with Crippen molar-refractivity contribution in [1.82, 2.24) is 4.98 Å². The van der Waals surface area contributed by atoms with E-state index in [1.807, 2.05) is 36.2 Å². The molecule has 1 atom stereocenters. The average Bonchev–Trinajstić information content (AvgIpc) is 2.16. The van der Waals surface area contributed by atoms with E-state index in [0.717, 1.165) is 11.4 Å². The van der Waals surface area contributed by atoms with Crippen molar-refractivity contribution in [3.8, 4) is 0 Å². The summed E-state index contributed by atoms with van der Waals surface area (Å²) in [6.45, 7) is 2.13. The largest absolute Gasteiger partial charge is 0.260 e. The monoisotopic (exact) mass is 201 g/mol. The molecular formula is C9H12ClNS. The van der Waals surface area contributed by atoms with E-state index in [0.29, 0.717) is 11.1 Å². The first-order chi connectivity index (χ1) is 5.83. The quantitative estimate of drug-likeness (QED) is 0.695. The number of hydrogen-bond acceptors (Lipinski definition) is 2. The average molecular weight is 202 g/mol. The molecule has 66 valence electrons. The van der Waals surface area contributed by atoms with Crippen LogP contribution in [0.5, 0.6) is 0 Å². The Morgan fingerprint density at radius 2 is 2.42 bits per heavy atom. The Morgan fingerprint density at radius 1 is 1.58 bits per heavy atom. The van der Waals surface area contributed by atoms with Crippen LogP contribution in [0.15, 0.2) is 24.4 Å². The van der Waals surface area contributed by atoms with Crippen LogP contribution in [0.25, 0.3) is 0 Å². The minimum Gasteiger partial charge on any atom is -0.260 e. The summed E-state index contributed by atoms with van der Waals surface area (Å²) in [7, 11) is 0. The molecule has 1 aromatic heterocycles. The number of halogens is 1. The van der Waals surface area contributed by atoms with Gasteiger partial charge in [-0.2, -0.15) is 11.8 Å². The summed E-state index contributed by atoms with van der Waals surface area (Å²) < 4.78 is 0. The Balaban J connectivity index is 2.33. The summed E-state index contributed by atoms with van der Waals surface area (Å²) in [4.78, 5) is 4.22. The minimum atomic E-state index is 0.508. The Kier molecular flexibility index (Phi) is 4.48. The van der Waals surface area contributed by atoms with Crippen molar-refractivity contribution in [2.24, 2.45) is 0 Å². The second-order valence-corrected chi connectivity index (χ2v) is 4.33. The van der Waals surface area contributed by atoms with Gasteiger partial charge in [0.1, 0.15) is 0 Å². The first-order valence-electron chi connectivity index (χ1n) is 3.90. The third-order valence-corrected chi connectivity index (χ3v) is 3.30. The molecule has 0 aromatic carbocycles. The van der Waals surface area contributed by atoms with Gasteiger partial charge < -0.3 is 0 Å². The molecule has 1 rings (SSSR count). The number of thioether (sulfide) groups is 1. The van der Waals surface area contributed by atoms with Crippen LogP contribution in [0, 0.1) is 0 Å². The fourth-order valence-electron chi connectivity index (χ4n) is 0.756. The number of rotatable bonds is 4. The van der Waals surface area contributed by atoms with Crippen molar-refractivity contribution in [2.75, 3.05) is 5.88 Å². The fraction of sp³-hybridized carbons (Fsp3) is 0.444. The van der Waals surface area contributed by atoms with Gasteiger partial charge >= 0.3 is 0 Å². The molecule has 0 spiro atoms. The summed E-state index contributed by atoms with van der Waals surface area (Å²) in [5.74, 6) is 1.66. The SMILES string of the molecule is CC(CCl)SCc1ccccn1. The van der Waals surface area contributed by atoms with Crippen LogP contribution >= 0.6 is 23.4 Å². The second-order valence-electron chi connectivity index (χ2n) is 2.60. The molecule has 1 unspecified atom stereocenters. The highest BCUT2D eigenvalue weighted by atomic mass is 35.5. The van der Waals surface area contributed by atoms with Crippen molar-refractivity contribution >= 4 is 23.4 Å². The summed E-state index contributed by atoms with van der Waals surface area (Å²) in [5, 5.41) is 0.508. The topological polar surface area (TPSA) is 12.9 Å². The first-order valence-corrected chi connectivity index (χ1v) is 5.48. The lowest BCUT2D eigenvalue weighted by Crippen LogP contribution is -1.98. The molecule has 0 aliphatic rings. The molecular weight excluding hydrogens is 190 g/mol. The molecule has 12 heavy (non-hydrogen) atoms. The van der Waals surface area contributed by atoms with E-state index in [-0.39, 0.29) is 0 Å². The molecule has 0 N–H and O–H groups in total. The maximum Gasteiger partial charge on any atom is 0.0502 e. The lowest BCUT2D eigenvalue weighted by molar-refractivity contribution is 1.10. The number of pyridine rings is 1. The molecule has 0 aliphatic carbocycles. The maximum absolute atomic E-state index is 5.68. The summed E-state index contributed by atoms with van der Waals surface area (Å²) >= 11 is 7.51. The molecule has 0 radical (unpaired) electrons. The van der Waals surface area contributed by atoms with E-state index in [1.54, 1.807) is 0 Å². The lowest BCUT2D eigenvalue weighted by atomic mass is 10.4. The van der Waals surface area contributed by atoms with Gasteiger partial charge in [0.2, 0.25) is 0 Å². The molecule has 3 heteroatoms. The second kappa shape index (κ2) is 5.44. The predicted molar refractivity (Wildman–Crippen MR) is 55.7 cm³/mol. The van der Waals surface area contributed by atoms with Crippen LogP contribution in [0.3, 0.4) is 0 Å². The normalized spacial score (nSPS) is 12.8. The zero-order valence-corrected chi connectivity index (χ0v) is 8.61. The molecule has 1 nitrogen and oxygen atoms in total. The molecule has 0 bridgehead atoms. The third kappa shape index (κ3) is 3.46. The van der Waals surface area contributed by atoms with Crippen molar-refractivity contribution in [3.05, 3.63) is 30.1 Å². The summed E-state index contributed by atoms with van der Waals surface area (Å²) in [6.07, 6.45) is 1.82. The van der Waals surface area contributed by atoms with Gasteiger partial charge in [0.25, 0.3) is 0 Å². The van der Waals surface area contributed by atoms with Crippen LogP contribution < -0.4 is 0 Å². The van der Waals surface area contributed by atoms with E-state index in [4.69, 9.17) is 11.6 Å². The van der Waals surface area contributed by atoms with Crippen LogP contribution in [0.1, 0.15) is 12.6 Å². The van der Waals surface area contributed by atoms with Gasteiger partial charge in [0, 0.05) is 23.1 Å². The van der Waals surface area contributed by atoms with Crippen LogP contribution in [-0.4, -0.2) is 16.1 Å². The predicted octanol–water partition coefficient (Wildman–Crippen LogP) is 2.94. The van der Waals surface area contributed by atoms with E-state index in [2.05, 4.69) is 11.9 Å². The maximum atomic E-state index is 5.68. The van der Waals surface area contributed by atoms with E-state index >= 15 is 0 Å². The van der Waals surface area contributed by atoms with Gasteiger partial charge in [0.15, 0.2) is 0 Å². The smallest absolute Gasteiger partial charge is 0.0502 e. The summed E-state index contributed by atoms with van der Waals surface area (Å²) in [5.41, 5.74) is 1.12. The van der Waals surface area contributed by atoms with Gasteiger partial charge in [-0.1, -0.05) is 13.0 Å². The third-order valence-electron chi connectivity index (χ3n) is 1.46. The zero-order chi connectivity index (χ0) is 8.81. The van der Waals surface area contributed by atoms with Crippen molar-refractivity contribution < 1.29 is 0 Å². The fourth-order valence-corrected chi connectivity index (χ4v) is 1.74. The molecule has 0 aliphatic heterocycles. The lowest BCUT2D eigenvalue weighted by Gasteiger charge is -2.05. The Morgan fingerprint density at radius 3 is 3.00 bits per heavy atom. The van der Waals surface area contributed by atoms with Gasteiger partial charge in [-0.25, -0.2) is 0 Å². The number of aromatic nitrogens is 1. The van der Waals surface area contributed by atoms with E-state index in [1.165, 1.54) is 0 Å². The van der Waals surface area contributed by atoms with Crippen molar-refractivity contribution in [3.63, 3.8) is 0 Å². The number of alkyl halides is 1. The number of nitrogens with zero attached hydrogens (tertiary/aromatic N) is 1. The van der Waals surface area contributed by atoms with Crippen molar-refractivity contribution in [2.45, 2.75) is 17.9 Å². The van der Waals surface area contributed by atoms with Gasteiger partial charge in [-0.15, -0.1) is 11.6 Å². The highest BCUT2D eigenvalue weighted by Gasteiger charge is 2.00. The van der Waals surface area contributed by atoms with E-state index < -0.39 is 0 Å². The molecule has 1 aromatic rings. The molecule has 0 saturated heterocycles. The molecule has 0 saturated carbocycles. The molecule has 0 amide bonds. The van der Waals surface area contributed by atoms with Crippen LogP contribution in [-0.2, 0) is 5.75 Å². The Labute approximate surface area is 82.5 Å².